The molecular weight excluding hydrogens is 259 g/mol. The van der Waals surface area contributed by atoms with Gasteiger partial charge >= 0.3 is 5.97 Å². The van der Waals surface area contributed by atoms with Gasteiger partial charge in [-0.15, -0.1) is 0 Å². The van der Waals surface area contributed by atoms with Crippen molar-refractivity contribution >= 4 is 23.4 Å². The van der Waals surface area contributed by atoms with Gasteiger partial charge in [0.15, 0.2) is 5.78 Å². The average molecular weight is 273 g/mol. The number of Topliss-reactive ketones (excluding diaryl/α,β-unsaturated/α-hetero) is 1. The lowest BCUT2D eigenvalue weighted by Gasteiger charge is -2.16. The summed E-state index contributed by atoms with van der Waals surface area (Å²) < 4.78 is 13.2. The molecule has 0 aliphatic heterocycles. The van der Waals surface area contributed by atoms with Gasteiger partial charge < -0.3 is 5.11 Å². The predicted octanol–water partition coefficient (Wildman–Crippen LogP) is 3.33. The molecule has 0 heterocycles. The summed E-state index contributed by atoms with van der Waals surface area (Å²) in [4.78, 5) is 22.9. The summed E-state index contributed by atoms with van der Waals surface area (Å²) in [6.07, 6.45) is 0. The van der Waals surface area contributed by atoms with Gasteiger partial charge in [-0.05, 0) is 24.6 Å². The lowest BCUT2D eigenvalue weighted by Crippen LogP contribution is -2.25. The van der Waals surface area contributed by atoms with Crippen LogP contribution in [-0.2, 0) is 4.79 Å². The average Bonchev–Trinajstić information content (AvgIpc) is 2.30. The van der Waals surface area contributed by atoms with E-state index in [1.54, 1.807) is 0 Å². The van der Waals surface area contributed by atoms with Crippen LogP contribution < -0.4 is 0 Å². The number of hydrogen-bond donors (Lipinski definition) is 1. The van der Waals surface area contributed by atoms with Crippen LogP contribution in [0.15, 0.2) is 12.1 Å². The molecule has 0 radical (unpaired) electrons. The van der Waals surface area contributed by atoms with Gasteiger partial charge in [0.05, 0.1) is 10.9 Å². The third-order valence-corrected chi connectivity index (χ3v) is 3.38. The van der Waals surface area contributed by atoms with Crippen molar-refractivity contribution in [1.82, 2.24) is 0 Å². The molecule has 1 N–H and O–H groups in total. The minimum atomic E-state index is -1.05. The first-order valence-corrected chi connectivity index (χ1v) is 5.86. The molecule has 0 bridgehead atoms. The second-order valence-electron chi connectivity index (χ2n) is 4.36. The molecule has 3 nitrogen and oxygen atoms in total. The zero-order chi connectivity index (χ0) is 14.0. The van der Waals surface area contributed by atoms with Crippen LogP contribution in [0.3, 0.4) is 0 Å². The lowest BCUT2D eigenvalue weighted by molar-refractivity contribution is -0.142. The Balaban J connectivity index is 3.11. The summed E-state index contributed by atoms with van der Waals surface area (Å²) in [5.41, 5.74) is 0.467. The molecular formula is C13H14ClFO3. The van der Waals surface area contributed by atoms with Crippen molar-refractivity contribution in [2.75, 3.05) is 0 Å². The summed E-state index contributed by atoms with van der Waals surface area (Å²) in [6, 6.07) is 2.42. The van der Waals surface area contributed by atoms with E-state index >= 15 is 0 Å². The monoisotopic (exact) mass is 272 g/mol. The Hall–Kier alpha value is -1.42. The molecule has 0 aromatic heterocycles. The SMILES string of the molecule is Cc1cc(C(=O)C(C)C(C)C(=O)O)c(Cl)cc1F. The number of rotatable bonds is 4. The number of halogens is 2. The van der Waals surface area contributed by atoms with Gasteiger partial charge in [-0.1, -0.05) is 25.4 Å². The van der Waals surface area contributed by atoms with Gasteiger partial charge in [0.1, 0.15) is 5.82 Å². The van der Waals surface area contributed by atoms with Crippen LogP contribution in [-0.4, -0.2) is 16.9 Å². The highest BCUT2D eigenvalue weighted by Gasteiger charge is 2.28. The van der Waals surface area contributed by atoms with E-state index in [0.29, 0.717) is 5.56 Å². The molecule has 0 aliphatic carbocycles. The van der Waals surface area contributed by atoms with E-state index in [1.807, 2.05) is 0 Å². The van der Waals surface area contributed by atoms with Crippen molar-refractivity contribution in [1.29, 1.82) is 0 Å². The number of aliphatic carboxylic acids is 1. The maximum atomic E-state index is 13.2. The summed E-state index contributed by atoms with van der Waals surface area (Å²) in [5.74, 6) is -3.47. The third kappa shape index (κ3) is 2.88. The van der Waals surface area contributed by atoms with Crippen LogP contribution in [0.2, 0.25) is 5.02 Å². The first-order chi connectivity index (χ1) is 8.25. The fourth-order valence-electron chi connectivity index (χ4n) is 1.53. The Morgan fingerprint density at radius 1 is 1.28 bits per heavy atom. The van der Waals surface area contributed by atoms with E-state index in [9.17, 15) is 14.0 Å². The quantitative estimate of drug-likeness (QED) is 0.856. The molecule has 1 rings (SSSR count). The molecule has 0 amide bonds. The fraction of sp³-hybridized carbons (Fsp3) is 0.385. The summed E-state index contributed by atoms with van der Waals surface area (Å²) in [6.45, 7) is 4.50. The Morgan fingerprint density at radius 2 is 1.83 bits per heavy atom. The molecule has 18 heavy (non-hydrogen) atoms. The van der Waals surface area contributed by atoms with E-state index in [1.165, 1.54) is 26.8 Å². The number of benzene rings is 1. The minimum absolute atomic E-state index is 0.00698. The molecule has 5 heteroatoms. The normalized spacial score (nSPS) is 14.1. The van der Waals surface area contributed by atoms with Crippen LogP contribution in [0.25, 0.3) is 0 Å². The molecule has 2 unspecified atom stereocenters. The van der Waals surface area contributed by atoms with E-state index in [-0.39, 0.29) is 10.6 Å². The molecule has 0 saturated carbocycles. The Morgan fingerprint density at radius 3 is 2.33 bits per heavy atom. The summed E-state index contributed by atoms with van der Waals surface area (Å²) >= 11 is 5.82. The van der Waals surface area contributed by atoms with Crippen molar-refractivity contribution < 1.29 is 19.1 Å². The van der Waals surface area contributed by atoms with Crippen molar-refractivity contribution in [2.45, 2.75) is 20.8 Å². The van der Waals surface area contributed by atoms with Crippen LogP contribution in [0.4, 0.5) is 4.39 Å². The third-order valence-electron chi connectivity index (χ3n) is 3.07. The van der Waals surface area contributed by atoms with E-state index < -0.39 is 29.4 Å². The molecule has 2 atom stereocenters. The maximum absolute atomic E-state index is 13.2. The van der Waals surface area contributed by atoms with Crippen molar-refractivity contribution in [3.8, 4) is 0 Å². The molecule has 98 valence electrons. The second kappa shape index (κ2) is 5.48. The van der Waals surface area contributed by atoms with Gasteiger partial charge in [-0.2, -0.15) is 0 Å². The van der Waals surface area contributed by atoms with E-state index in [0.717, 1.165) is 6.07 Å². The molecule has 0 spiro atoms. The van der Waals surface area contributed by atoms with Crippen molar-refractivity contribution in [3.63, 3.8) is 0 Å². The molecule has 1 aromatic rings. The number of ketones is 1. The topological polar surface area (TPSA) is 54.4 Å². The van der Waals surface area contributed by atoms with Crippen LogP contribution in [0.1, 0.15) is 29.8 Å². The second-order valence-corrected chi connectivity index (χ2v) is 4.77. The standard InChI is InChI=1S/C13H14ClFO3/c1-6-4-9(10(14)5-11(6)15)12(16)7(2)8(3)13(17)18/h4-5,7-8H,1-3H3,(H,17,18). The maximum Gasteiger partial charge on any atom is 0.306 e. The first-order valence-electron chi connectivity index (χ1n) is 5.48. The zero-order valence-electron chi connectivity index (χ0n) is 10.3. The van der Waals surface area contributed by atoms with Crippen LogP contribution in [0.5, 0.6) is 0 Å². The zero-order valence-corrected chi connectivity index (χ0v) is 11.1. The first kappa shape index (κ1) is 14.6. The smallest absolute Gasteiger partial charge is 0.306 e. The highest BCUT2D eigenvalue weighted by Crippen LogP contribution is 2.25. The number of aryl methyl sites for hydroxylation is 1. The Labute approximate surface area is 110 Å². The minimum Gasteiger partial charge on any atom is -0.481 e. The largest absolute Gasteiger partial charge is 0.481 e. The van der Waals surface area contributed by atoms with E-state index in [4.69, 9.17) is 16.7 Å². The highest BCUT2D eigenvalue weighted by atomic mass is 35.5. The number of carboxylic acids is 1. The van der Waals surface area contributed by atoms with E-state index in [2.05, 4.69) is 0 Å². The van der Waals surface area contributed by atoms with Gasteiger partial charge in [-0.3, -0.25) is 9.59 Å². The van der Waals surface area contributed by atoms with Gasteiger partial charge in [0.2, 0.25) is 0 Å². The molecule has 1 aromatic carbocycles. The van der Waals surface area contributed by atoms with Crippen molar-refractivity contribution in [3.05, 3.63) is 34.1 Å². The Bertz CT molecular complexity index is 499. The molecule has 0 saturated heterocycles. The number of carbonyl (C=O) groups is 2. The number of carbonyl (C=O) groups excluding carboxylic acids is 1. The van der Waals surface area contributed by atoms with Gasteiger partial charge in [0.25, 0.3) is 0 Å². The van der Waals surface area contributed by atoms with Gasteiger partial charge in [0, 0.05) is 11.5 Å². The highest BCUT2D eigenvalue weighted by molar-refractivity contribution is 6.34. The van der Waals surface area contributed by atoms with Crippen molar-refractivity contribution in [2.24, 2.45) is 11.8 Å². The number of hydrogen-bond acceptors (Lipinski definition) is 2. The van der Waals surface area contributed by atoms with Crippen LogP contribution in [0, 0.1) is 24.6 Å². The summed E-state index contributed by atoms with van der Waals surface area (Å²) in [7, 11) is 0. The lowest BCUT2D eigenvalue weighted by atomic mass is 9.88. The number of carboxylic acid groups (broad SMARTS) is 1. The summed E-state index contributed by atoms with van der Waals surface area (Å²) in [5, 5.41) is 8.88. The van der Waals surface area contributed by atoms with Gasteiger partial charge in [-0.25, -0.2) is 4.39 Å². The molecule has 0 fully saturated rings. The van der Waals surface area contributed by atoms with Crippen LogP contribution >= 0.6 is 11.6 Å². The molecule has 0 aliphatic rings. The Kier molecular flexibility index (Phi) is 4.46. The fourth-order valence-corrected chi connectivity index (χ4v) is 1.78. The predicted molar refractivity (Wildman–Crippen MR) is 66.4 cm³/mol.